The predicted molar refractivity (Wildman–Crippen MR) is 111 cm³/mol. The second kappa shape index (κ2) is 13.7. The van der Waals surface area contributed by atoms with E-state index < -0.39 is 0 Å². The molecule has 0 aromatic carbocycles. The summed E-state index contributed by atoms with van der Waals surface area (Å²) in [4.78, 5) is 2.74. The standard InChI is InChI=1S/C24H43N/c1-2-3-4-5-6-7-8-9-10-15-20-24(23-18-13-11-14-19-23)25-21-16-12-17-22-25/h23-24H,2-14,16-19,21-22H2,1H3. The molecule has 1 heteroatoms. The van der Waals surface area contributed by atoms with Crippen molar-refractivity contribution in [2.75, 3.05) is 13.1 Å². The summed E-state index contributed by atoms with van der Waals surface area (Å²) in [6, 6.07) is 0.578. The Balaban J connectivity index is 1.67. The van der Waals surface area contributed by atoms with Crippen molar-refractivity contribution in [2.45, 2.75) is 122 Å². The zero-order valence-corrected chi connectivity index (χ0v) is 17.0. The summed E-state index contributed by atoms with van der Waals surface area (Å²) >= 11 is 0. The summed E-state index contributed by atoms with van der Waals surface area (Å²) in [5.41, 5.74) is 0. The lowest BCUT2D eigenvalue weighted by atomic mass is 9.83. The first kappa shape index (κ1) is 20.8. The molecule has 2 aliphatic rings. The molecule has 1 unspecified atom stereocenters. The van der Waals surface area contributed by atoms with Gasteiger partial charge in [0.15, 0.2) is 0 Å². The molecule has 0 N–H and O–H groups in total. The first-order chi connectivity index (χ1) is 12.4. The Hall–Kier alpha value is -0.480. The van der Waals surface area contributed by atoms with Crippen LogP contribution in [0.15, 0.2) is 0 Å². The summed E-state index contributed by atoms with van der Waals surface area (Å²) < 4.78 is 0. The van der Waals surface area contributed by atoms with Gasteiger partial charge < -0.3 is 0 Å². The highest BCUT2D eigenvalue weighted by atomic mass is 15.2. The maximum absolute atomic E-state index is 3.75. The van der Waals surface area contributed by atoms with Gasteiger partial charge in [-0.2, -0.15) is 0 Å². The molecule has 2 fully saturated rings. The normalized spacial score (nSPS) is 20.8. The Morgan fingerprint density at radius 1 is 0.760 bits per heavy atom. The molecule has 25 heavy (non-hydrogen) atoms. The molecule has 1 saturated carbocycles. The number of likely N-dealkylation sites (tertiary alicyclic amines) is 1. The largest absolute Gasteiger partial charge is 0.290 e. The van der Waals surface area contributed by atoms with Gasteiger partial charge in [-0.1, -0.05) is 83.5 Å². The minimum Gasteiger partial charge on any atom is -0.290 e. The van der Waals surface area contributed by atoms with Crippen molar-refractivity contribution < 1.29 is 0 Å². The van der Waals surface area contributed by atoms with Crippen LogP contribution in [0.5, 0.6) is 0 Å². The molecule has 144 valence electrons. The van der Waals surface area contributed by atoms with Crippen LogP contribution in [-0.2, 0) is 0 Å². The molecule has 2 rings (SSSR count). The van der Waals surface area contributed by atoms with Crippen LogP contribution in [-0.4, -0.2) is 24.0 Å². The number of nitrogens with zero attached hydrogens (tertiary/aromatic N) is 1. The van der Waals surface area contributed by atoms with E-state index >= 15 is 0 Å². The van der Waals surface area contributed by atoms with Gasteiger partial charge in [0, 0.05) is 6.42 Å². The zero-order chi connectivity index (χ0) is 17.6. The van der Waals surface area contributed by atoms with Gasteiger partial charge in [0.2, 0.25) is 0 Å². The minimum atomic E-state index is 0.578. The fourth-order valence-electron chi connectivity index (χ4n) is 4.68. The number of rotatable bonds is 10. The third-order valence-corrected chi connectivity index (χ3v) is 6.29. The van der Waals surface area contributed by atoms with E-state index in [-0.39, 0.29) is 0 Å². The van der Waals surface area contributed by atoms with Crippen LogP contribution >= 0.6 is 0 Å². The van der Waals surface area contributed by atoms with Crippen molar-refractivity contribution in [3.63, 3.8) is 0 Å². The highest BCUT2D eigenvalue weighted by molar-refractivity contribution is 5.11. The maximum atomic E-state index is 3.75. The smallest absolute Gasteiger partial charge is 0.0743 e. The minimum absolute atomic E-state index is 0.578. The van der Waals surface area contributed by atoms with E-state index in [0.717, 1.165) is 12.3 Å². The molecule has 1 nitrogen and oxygen atoms in total. The first-order valence-corrected chi connectivity index (χ1v) is 11.6. The van der Waals surface area contributed by atoms with Crippen molar-refractivity contribution in [2.24, 2.45) is 5.92 Å². The third kappa shape index (κ3) is 8.63. The molecule has 1 aliphatic heterocycles. The lowest BCUT2D eigenvalue weighted by molar-refractivity contribution is 0.132. The molecule has 1 heterocycles. The van der Waals surface area contributed by atoms with E-state index in [9.17, 15) is 0 Å². The van der Waals surface area contributed by atoms with Crippen LogP contribution in [0.4, 0.5) is 0 Å². The molecule has 0 radical (unpaired) electrons. The van der Waals surface area contributed by atoms with Gasteiger partial charge in [0.05, 0.1) is 6.04 Å². The summed E-state index contributed by atoms with van der Waals surface area (Å²) in [6.45, 7) is 4.89. The average molecular weight is 346 g/mol. The molecular formula is C24H43N. The molecule has 0 bridgehead atoms. The summed E-state index contributed by atoms with van der Waals surface area (Å²) in [6.07, 6.45) is 23.7. The summed E-state index contributed by atoms with van der Waals surface area (Å²) in [7, 11) is 0. The van der Waals surface area contributed by atoms with Gasteiger partial charge in [-0.3, -0.25) is 4.90 Å². The molecular weight excluding hydrogens is 302 g/mol. The lowest BCUT2D eigenvalue weighted by Crippen LogP contribution is -2.43. The fraction of sp³-hybridized carbons (Fsp3) is 0.917. The number of piperidine rings is 1. The van der Waals surface area contributed by atoms with E-state index in [4.69, 9.17) is 0 Å². The molecule has 1 aliphatic carbocycles. The SMILES string of the molecule is CCCCCCCCCCC#CC(C1CCCCC1)N1CCCCC1. The zero-order valence-electron chi connectivity index (χ0n) is 17.0. The van der Waals surface area contributed by atoms with Gasteiger partial charge in [0.1, 0.15) is 0 Å². The van der Waals surface area contributed by atoms with Crippen molar-refractivity contribution >= 4 is 0 Å². The highest BCUT2D eigenvalue weighted by Crippen LogP contribution is 2.30. The average Bonchev–Trinajstić information content (AvgIpc) is 2.67. The number of unbranched alkanes of at least 4 members (excludes halogenated alkanes) is 8. The first-order valence-electron chi connectivity index (χ1n) is 11.6. The number of hydrogen-bond acceptors (Lipinski definition) is 1. The maximum Gasteiger partial charge on any atom is 0.0743 e. The molecule has 1 atom stereocenters. The van der Waals surface area contributed by atoms with Gasteiger partial charge in [-0.05, 0) is 51.1 Å². The van der Waals surface area contributed by atoms with Gasteiger partial charge in [-0.25, -0.2) is 0 Å². The van der Waals surface area contributed by atoms with E-state index in [1.165, 1.54) is 116 Å². The Morgan fingerprint density at radius 2 is 1.36 bits per heavy atom. The van der Waals surface area contributed by atoms with Crippen LogP contribution in [0.1, 0.15) is 116 Å². The van der Waals surface area contributed by atoms with Crippen LogP contribution in [0, 0.1) is 17.8 Å². The topological polar surface area (TPSA) is 3.24 Å². The van der Waals surface area contributed by atoms with Gasteiger partial charge >= 0.3 is 0 Å². The Bertz CT molecular complexity index is 347. The van der Waals surface area contributed by atoms with Gasteiger partial charge in [-0.15, -0.1) is 5.92 Å². The van der Waals surface area contributed by atoms with Crippen LogP contribution in [0.3, 0.4) is 0 Å². The molecule has 0 amide bonds. The quantitative estimate of drug-likeness (QED) is 0.306. The van der Waals surface area contributed by atoms with E-state index in [2.05, 4.69) is 23.7 Å². The Labute approximate surface area is 158 Å². The third-order valence-electron chi connectivity index (χ3n) is 6.29. The van der Waals surface area contributed by atoms with Crippen molar-refractivity contribution in [1.29, 1.82) is 0 Å². The summed E-state index contributed by atoms with van der Waals surface area (Å²) in [5.74, 6) is 8.21. The van der Waals surface area contributed by atoms with E-state index in [1.54, 1.807) is 0 Å². The monoisotopic (exact) mass is 345 g/mol. The van der Waals surface area contributed by atoms with Crippen LogP contribution in [0.2, 0.25) is 0 Å². The predicted octanol–water partition coefficient (Wildman–Crippen LogP) is 6.96. The fourth-order valence-corrected chi connectivity index (χ4v) is 4.68. The molecule has 1 saturated heterocycles. The van der Waals surface area contributed by atoms with Crippen LogP contribution < -0.4 is 0 Å². The Kier molecular flexibility index (Phi) is 11.4. The van der Waals surface area contributed by atoms with Crippen molar-refractivity contribution in [1.82, 2.24) is 4.90 Å². The second-order valence-electron chi connectivity index (χ2n) is 8.49. The second-order valence-corrected chi connectivity index (χ2v) is 8.49. The van der Waals surface area contributed by atoms with Gasteiger partial charge in [0.25, 0.3) is 0 Å². The summed E-state index contributed by atoms with van der Waals surface area (Å²) in [5, 5.41) is 0. The number of hydrogen-bond donors (Lipinski definition) is 0. The Morgan fingerprint density at radius 3 is 2.04 bits per heavy atom. The highest BCUT2D eigenvalue weighted by Gasteiger charge is 2.28. The molecule has 0 aromatic heterocycles. The molecule has 0 aromatic rings. The lowest BCUT2D eigenvalue weighted by Gasteiger charge is -2.37. The molecule has 0 spiro atoms. The van der Waals surface area contributed by atoms with E-state index in [1.807, 2.05) is 0 Å². The van der Waals surface area contributed by atoms with Crippen molar-refractivity contribution in [3.8, 4) is 11.8 Å². The van der Waals surface area contributed by atoms with Crippen LogP contribution in [0.25, 0.3) is 0 Å². The van der Waals surface area contributed by atoms with Crippen molar-refractivity contribution in [3.05, 3.63) is 0 Å². The van der Waals surface area contributed by atoms with E-state index in [0.29, 0.717) is 6.04 Å².